The number of carbonyl (C=O) groups is 1. The zero-order chi connectivity index (χ0) is 18.4. The van der Waals surface area contributed by atoms with Crippen LogP contribution in [0, 0.1) is 11.3 Å². The van der Waals surface area contributed by atoms with Gasteiger partial charge >= 0.3 is 5.97 Å². The fraction of sp³-hybridized carbons (Fsp3) is 0.950. The first kappa shape index (κ1) is 23.4. The molecule has 0 aliphatic carbocycles. The number of carbonyl (C=O) groups excluding carboxylic acids is 1. The van der Waals surface area contributed by atoms with Gasteiger partial charge in [0.2, 0.25) is 0 Å². The van der Waals surface area contributed by atoms with Gasteiger partial charge in [0, 0.05) is 0 Å². The third kappa shape index (κ3) is 9.63. The van der Waals surface area contributed by atoms with Gasteiger partial charge in [0.15, 0.2) is 0 Å². The second-order valence-electron chi connectivity index (χ2n) is 7.54. The molecule has 0 spiro atoms. The van der Waals surface area contributed by atoms with Crippen molar-refractivity contribution in [1.29, 1.82) is 0 Å². The summed E-state index contributed by atoms with van der Waals surface area (Å²) in [6.07, 6.45) is 10.2. The molecule has 144 valence electrons. The minimum absolute atomic E-state index is 0.00126. The van der Waals surface area contributed by atoms with Crippen LogP contribution in [0.2, 0.25) is 0 Å². The summed E-state index contributed by atoms with van der Waals surface area (Å²) >= 11 is 0. The summed E-state index contributed by atoms with van der Waals surface area (Å²) in [5, 5.41) is 4.93. The highest BCUT2D eigenvalue weighted by Gasteiger charge is 2.31. The molecule has 0 N–H and O–H groups in total. The quantitative estimate of drug-likeness (QED) is 0.196. The minimum atomic E-state index is -0.313. The lowest BCUT2D eigenvalue weighted by Crippen LogP contribution is -2.33. The van der Waals surface area contributed by atoms with Gasteiger partial charge in [-0.3, -0.25) is 4.89 Å². The lowest BCUT2D eigenvalue weighted by atomic mass is 9.80. The molecule has 0 aromatic rings. The number of hydrogen-bond donors (Lipinski definition) is 0. The van der Waals surface area contributed by atoms with Crippen LogP contribution in [0.1, 0.15) is 106 Å². The molecule has 2 atom stereocenters. The topological polar surface area (TPSA) is 44.8 Å². The van der Waals surface area contributed by atoms with Gasteiger partial charge in [-0.2, -0.15) is 4.89 Å². The molecule has 4 heteroatoms. The summed E-state index contributed by atoms with van der Waals surface area (Å²) < 4.78 is 0. The normalized spacial score (nSPS) is 14.4. The van der Waals surface area contributed by atoms with E-state index in [0.29, 0.717) is 0 Å². The van der Waals surface area contributed by atoms with E-state index in [1.807, 2.05) is 6.92 Å². The Labute approximate surface area is 149 Å². The van der Waals surface area contributed by atoms with Crippen LogP contribution in [0.25, 0.3) is 0 Å². The molecule has 2 unspecified atom stereocenters. The fourth-order valence-electron chi connectivity index (χ4n) is 3.06. The van der Waals surface area contributed by atoms with Gasteiger partial charge in [0.25, 0.3) is 0 Å². The van der Waals surface area contributed by atoms with Crippen LogP contribution < -0.4 is 0 Å². The molecule has 0 saturated carbocycles. The van der Waals surface area contributed by atoms with Crippen molar-refractivity contribution in [3.8, 4) is 0 Å². The van der Waals surface area contributed by atoms with Gasteiger partial charge in [-0.15, -0.1) is 0 Å². The summed E-state index contributed by atoms with van der Waals surface area (Å²) in [7, 11) is 0. The van der Waals surface area contributed by atoms with Crippen molar-refractivity contribution in [2.24, 2.45) is 11.3 Å². The maximum Gasteiger partial charge on any atom is 0.348 e. The Morgan fingerprint density at radius 2 is 1.58 bits per heavy atom. The molecular weight excluding hydrogens is 304 g/mol. The van der Waals surface area contributed by atoms with E-state index in [1.54, 1.807) is 0 Å². The molecule has 0 saturated heterocycles. The van der Waals surface area contributed by atoms with Crippen LogP contribution in [0.4, 0.5) is 0 Å². The van der Waals surface area contributed by atoms with Crippen LogP contribution in [-0.4, -0.2) is 12.1 Å². The molecule has 4 nitrogen and oxygen atoms in total. The second-order valence-corrected chi connectivity index (χ2v) is 7.54. The summed E-state index contributed by atoms with van der Waals surface area (Å²) in [6.45, 7) is 12.9. The third-order valence-corrected chi connectivity index (χ3v) is 4.84. The monoisotopic (exact) mass is 344 g/mol. The van der Waals surface area contributed by atoms with E-state index in [-0.39, 0.29) is 23.4 Å². The van der Waals surface area contributed by atoms with Crippen LogP contribution in [-0.2, 0) is 19.6 Å². The van der Waals surface area contributed by atoms with E-state index < -0.39 is 0 Å². The molecule has 0 bridgehead atoms. The molecule has 0 radical (unpaired) electrons. The molecule has 0 aliphatic rings. The standard InChI is InChI=1S/C20H40O4/c1-7-11-13-15-18(20(5,6)16-9-3)22-24-23-19(21)17(10-4)14-12-8-2/h17-18H,7-16H2,1-6H3. The Balaban J connectivity index is 4.45. The van der Waals surface area contributed by atoms with E-state index in [4.69, 9.17) is 14.8 Å². The molecule has 0 heterocycles. The van der Waals surface area contributed by atoms with Crippen LogP contribution >= 0.6 is 0 Å². The smallest absolute Gasteiger partial charge is 0.269 e. The SMILES string of the molecule is CCCCCC(OOOC(=O)C(CC)CCCC)C(C)(C)CCC. The lowest BCUT2D eigenvalue weighted by molar-refractivity contribution is -0.510. The van der Waals surface area contributed by atoms with Crippen molar-refractivity contribution in [2.75, 3.05) is 0 Å². The number of unbranched alkanes of at least 4 members (excludes halogenated alkanes) is 3. The van der Waals surface area contributed by atoms with E-state index in [9.17, 15) is 4.79 Å². The van der Waals surface area contributed by atoms with Crippen molar-refractivity contribution in [3.63, 3.8) is 0 Å². The Morgan fingerprint density at radius 3 is 2.12 bits per heavy atom. The molecule has 24 heavy (non-hydrogen) atoms. The average molecular weight is 345 g/mol. The zero-order valence-corrected chi connectivity index (χ0v) is 16.9. The molecule has 0 rings (SSSR count). The minimum Gasteiger partial charge on any atom is -0.269 e. The molecule has 0 aliphatic heterocycles. The maximum absolute atomic E-state index is 12.1. The lowest BCUT2D eigenvalue weighted by Gasteiger charge is -2.32. The molecule has 0 aromatic carbocycles. The van der Waals surface area contributed by atoms with Gasteiger partial charge in [0.05, 0.1) is 5.92 Å². The van der Waals surface area contributed by atoms with Crippen LogP contribution in [0.3, 0.4) is 0 Å². The number of rotatable bonds is 15. The highest BCUT2D eigenvalue weighted by molar-refractivity contribution is 5.71. The third-order valence-electron chi connectivity index (χ3n) is 4.84. The van der Waals surface area contributed by atoms with Crippen LogP contribution in [0.5, 0.6) is 0 Å². The van der Waals surface area contributed by atoms with Crippen LogP contribution in [0.15, 0.2) is 0 Å². The highest BCUT2D eigenvalue weighted by atomic mass is 17.5. The molecule has 0 amide bonds. The zero-order valence-electron chi connectivity index (χ0n) is 16.9. The van der Waals surface area contributed by atoms with Crippen molar-refractivity contribution in [1.82, 2.24) is 0 Å². The van der Waals surface area contributed by atoms with Crippen molar-refractivity contribution in [2.45, 2.75) is 112 Å². The summed E-state index contributed by atoms with van der Waals surface area (Å²) in [6, 6.07) is 0. The Morgan fingerprint density at radius 1 is 0.917 bits per heavy atom. The van der Waals surface area contributed by atoms with Gasteiger partial charge in [-0.05, 0) is 36.1 Å². The molecular formula is C20H40O4. The first-order valence-electron chi connectivity index (χ1n) is 9.96. The Kier molecular flexibility index (Phi) is 13.3. The van der Waals surface area contributed by atoms with E-state index in [1.165, 1.54) is 12.8 Å². The van der Waals surface area contributed by atoms with Crippen molar-refractivity contribution < 1.29 is 19.6 Å². The largest absolute Gasteiger partial charge is 0.348 e. The van der Waals surface area contributed by atoms with Crippen molar-refractivity contribution in [3.05, 3.63) is 0 Å². The summed E-state index contributed by atoms with van der Waals surface area (Å²) in [5.74, 6) is -0.415. The van der Waals surface area contributed by atoms with E-state index in [2.05, 4.69) is 34.6 Å². The van der Waals surface area contributed by atoms with Gasteiger partial charge in [0.1, 0.15) is 6.10 Å². The maximum atomic E-state index is 12.1. The summed E-state index contributed by atoms with van der Waals surface area (Å²) in [5.41, 5.74) is 0.00126. The van der Waals surface area contributed by atoms with Gasteiger partial charge in [-0.1, -0.05) is 80.1 Å². The number of hydrogen-bond acceptors (Lipinski definition) is 4. The molecule has 0 aromatic heterocycles. The van der Waals surface area contributed by atoms with Gasteiger partial charge < -0.3 is 0 Å². The second kappa shape index (κ2) is 13.7. The van der Waals surface area contributed by atoms with E-state index in [0.717, 1.165) is 51.4 Å². The van der Waals surface area contributed by atoms with E-state index >= 15 is 0 Å². The predicted octanol–water partition coefficient (Wildman–Crippen LogP) is 6.38. The first-order chi connectivity index (χ1) is 11.4. The summed E-state index contributed by atoms with van der Waals surface area (Å²) in [4.78, 5) is 22.5. The average Bonchev–Trinajstić information content (AvgIpc) is 2.54. The Hall–Kier alpha value is -0.610. The predicted molar refractivity (Wildman–Crippen MR) is 98.2 cm³/mol. The van der Waals surface area contributed by atoms with Crippen molar-refractivity contribution >= 4 is 5.97 Å². The first-order valence-corrected chi connectivity index (χ1v) is 9.96. The van der Waals surface area contributed by atoms with Gasteiger partial charge in [-0.25, -0.2) is 4.79 Å². The highest BCUT2D eigenvalue weighted by Crippen LogP contribution is 2.32. The fourth-order valence-corrected chi connectivity index (χ4v) is 3.06. The molecule has 0 fully saturated rings. The Bertz CT molecular complexity index is 315.